The number of benzene rings is 1. The van der Waals surface area contributed by atoms with Crippen molar-refractivity contribution >= 4 is 18.3 Å². The molecule has 1 amide bonds. The predicted octanol–water partition coefficient (Wildman–Crippen LogP) is 4.20. The van der Waals surface area contributed by atoms with Crippen molar-refractivity contribution < 1.29 is 4.79 Å². The Morgan fingerprint density at radius 2 is 1.88 bits per heavy atom. The molecule has 4 heteroatoms. The van der Waals surface area contributed by atoms with E-state index < -0.39 is 0 Å². The number of likely N-dealkylation sites (tertiary alicyclic amines) is 1. The molecule has 140 valence electrons. The Morgan fingerprint density at radius 1 is 1.20 bits per heavy atom. The molecule has 0 spiro atoms. The van der Waals surface area contributed by atoms with Crippen LogP contribution in [0.15, 0.2) is 24.3 Å². The number of rotatable bonds is 3. The summed E-state index contributed by atoms with van der Waals surface area (Å²) >= 11 is 0. The highest BCUT2D eigenvalue weighted by molar-refractivity contribution is 5.89. The molecule has 1 aromatic carbocycles. The Labute approximate surface area is 158 Å². The van der Waals surface area contributed by atoms with Crippen molar-refractivity contribution in [1.82, 2.24) is 4.90 Å². The van der Waals surface area contributed by atoms with Gasteiger partial charge in [-0.25, -0.2) is 0 Å². The van der Waals surface area contributed by atoms with Gasteiger partial charge in [0.25, 0.3) is 0 Å². The Morgan fingerprint density at radius 3 is 2.52 bits per heavy atom. The van der Waals surface area contributed by atoms with Gasteiger partial charge >= 0.3 is 0 Å². The van der Waals surface area contributed by atoms with Gasteiger partial charge in [0.05, 0.1) is 5.41 Å². The number of aryl methyl sites for hydroxylation is 1. The van der Waals surface area contributed by atoms with E-state index in [0.717, 1.165) is 51.6 Å². The van der Waals surface area contributed by atoms with Gasteiger partial charge < -0.3 is 10.6 Å². The summed E-state index contributed by atoms with van der Waals surface area (Å²) in [6.45, 7) is 5.97. The summed E-state index contributed by atoms with van der Waals surface area (Å²) in [7, 11) is 0. The highest BCUT2D eigenvalue weighted by Crippen LogP contribution is 2.43. The third-order valence-electron chi connectivity index (χ3n) is 6.27. The first-order valence-electron chi connectivity index (χ1n) is 9.66. The molecule has 3 nitrogen and oxygen atoms in total. The number of nitrogens with zero attached hydrogens (tertiary/aromatic N) is 1. The molecular weight excluding hydrogens is 332 g/mol. The van der Waals surface area contributed by atoms with Gasteiger partial charge in [-0.1, -0.05) is 43.5 Å². The second-order valence-corrected chi connectivity index (χ2v) is 7.97. The first kappa shape index (κ1) is 20.3. The maximum Gasteiger partial charge on any atom is 0.233 e. The number of halogens is 1. The molecule has 1 aliphatic heterocycles. The Kier molecular flexibility index (Phi) is 6.93. The summed E-state index contributed by atoms with van der Waals surface area (Å²) in [5, 5.41) is 0. The average Bonchev–Trinajstić information content (AvgIpc) is 2.62. The molecule has 2 fully saturated rings. The van der Waals surface area contributed by atoms with Crippen molar-refractivity contribution in [2.24, 2.45) is 11.7 Å². The number of carbonyl (C=O) groups is 1. The second kappa shape index (κ2) is 8.55. The van der Waals surface area contributed by atoms with Crippen LogP contribution >= 0.6 is 12.4 Å². The number of carbonyl (C=O) groups excluding carboxylic acids is 1. The summed E-state index contributed by atoms with van der Waals surface area (Å²) in [5.74, 6) is 0.807. The molecule has 1 saturated carbocycles. The van der Waals surface area contributed by atoms with Gasteiger partial charge in [0.2, 0.25) is 5.91 Å². The van der Waals surface area contributed by atoms with E-state index in [1.807, 2.05) is 0 Å². The minimum atomic E-state index is -0.302. The summed E-state index contributed by atoms with van der Waals surface area (Å²) in [6.07, 6.45) is 7.80. The minimum Gasteiger partial charge on any atom is -0.342 e. The quantitative estimate of drug-likeness (QED) is 0.873. The molecule has 1 heterocycles. The van der Waals surface area contributed by atoms with Crippen LogP contribution in [0.4, 0.5) is 0 Å². The Balaban J connectivity index is 0.00000225. The summed E-state index contributed by atoms with van der Waals surface area (Å²) in [6, 6.07) is 8.67. The molecule has 0 bridgehead atoms. The van der Waals surface area contributed by atoms with Gasteiger partial charge in [-0.2, -0.15) is 0 Å². The fourth-order valence-electron chi connectivity index (χ4n) is 4.79. The smallest absolute Gasteiger partial charge is 0.233 e. The SMILES string of the molecule is Cc1ccccc1C1(C(=O)N2CCCC(C(C)N)C2)CCCCC1.Cl. The molecule has 2 N–H and O–H groups in total. The van der Waals surface area contributed by atoms with Crippen molar-refractivity contribution in [2.45, 2.75) is 70.3 Å². The largest absolute Gasteiger partial charge is 0.342 e. The molecule has 25 heavy (non-hydrogen) atoms. The lowest BCUT2D eigenvalue weighted by molar-refractivity contribution is -0.141. The highest BCUT2D eigenvalue weighted by Gasteiger charge is 2.45. The van der Waals surface area contributed by atoms with Gasteiger partial charge in [0, 0.05) is 19.1 Å². The zero-order valence-corrected chi connectivity index (χ0v) is 16.5. The molecule has 0 radical (unpaired) electrons. The van der Waals surface area contributed by atoms with Crippen molar-refractivity contribution in [3.8, 4) is 0 Å². The minimum absolute atomic E-state index is 0. The van der Waals surface area contributed by atoms with Gasteiger partial charge in [0.15, 0.2) is 0 Å². The van der Waals surface area contributed by atoms with Crippen LogP contribution in [0.2, 0.25) is 0 Å². The maximum absolute atomic E-state index is 13.7. The number of hydrogen-bond donors (Lipinski definition) is 1. The van der Waals surface area contributed by atoms with E-state index >= 15 is 0 Å². The number of piperidine rings is 1. The molecule has 1 aromatic rings. The van der Waals surface area contributed by atoms with Gasteiger partial charge in [-0.05, 0) is 56.6 Å². The van der Waals surface area contributed by atoms with Crippen molar-refractivity contribution in [3.63, 3.8) is 0 Å². The molecule has 1 saturated heterocycles. The third-order valence-corrected chi connectivity index (χ3v) is 6.27. The van der Waals surface area contributed by atoms with Crippen LogP contribution in [0.3, 0.4) is 0 Å². The van der Waals surface area contributed by atoms with Crippen LogP contribution in [0.5, 0.6) is 0 Å². The molecule has 2 unspecified atom stereocenters. The van der Waals surface area contributed by atoms with Crippen LogP contribution < -0.4 is 5.73 Å². The maximum atomic E-state index is 13.7. The lowest BCUT2D eigenvalue weighted by Gasteiger charge is -2.44. The van der Waals surface area contributed by atoms with E-state index in [9.17, 15) is 4.79 Å². The molecule has 3 rings (SSSR count). The molecular formula is C21H33ClN2O. The van der Waals surface area contributed by atoms with Crippen molar-refractivity contribution in [3.05, 3.63) is 35.4 Å². The second-order valence-electron chi connectivity index (χ2n) is 7.97. The molecule has 2 atom stereocenters. The number of nitrogens with two attached hydrogens (primary N) is 1. The van der Waals surface area contributed by atoms with E-state index in [1.54, 1.807) is 0 Å². The fraction of sp³-hybridized carbons (Fsp3) is 0.667. The first-order chi connectivity index (χ1) is 11.5. The van der Waals surface area contributed by atoms with Gasteiger partial charge in [-0.3, -0.25) is 4.79 Å². The summed E-state index contributed by atoms with van der Waals surface area (Å²) in [5.41, 5.74) is 8.36. The first-order valence-corrected chi connectivity index (χ1v) is 9.66. The lowest BCUT2D eigenvalue weighted by atomic mass is 9.67. The monoisotopic (exact) mass is 364 g/mol. The molecule has 1 aliphatic carbocycles. The van der Waals surface area contributed by atoms with Gasteiger partial charge in [-0.15, -0.1) is 12.4 Å². The summed E-state index contributed by atoms with van der Waals surface area (Å²) in [4.78, 5) is 15.8. The van der Waals surface area contributed by atoms with Crippen molar-refractivity contribution in [1.29, 1.82) is 0 Å². The van der Waals surface area contributed by atoms with Crippen LogP contribution in [-0.2, 0) is 10.2 Å². The normalized spacial score (nSPS) is 24.3. The third kappa shape index (κ3) is 4.03. The topological polar surface area (TPSA) is 46.3 Å². The van der Waals surface area contributed by atoms with E-state index in [1.165, 1.54) is 17.5 Å². The zero-order chi connectivity index (χ0) is 17.2. The van der Waals surface area contributed by atoms with E-state index in [0.29, 0.717) is 11.8 Å². The average molecular weight is 365 g/mol. The zero-order valence-electron chi connectivity index (χ0n) is 15.7. The van der Waals surface area contributed by atoms with E-state index in [-0.39, 0.29) is 23.9 Å². The molecule has 2 aliphatic rings. The predicted molar refractivity (Wildman–Crippen MR) is 106 cm³/mol. The number of amides is 1. The number of hydrogen-bond acceptors (Lipinski definition) is 2. The summed E-state index contributed by atoms with van der Waals surface area (Å²) < 4.78 is 0. The van der Waals surface area contributed by atoms with Gasteiger partial charge in [0.1, 0.15) is 0 Å². The van der Waals surface area contributed by atoms with Crippen LogP contribution in [0, 0.1) is 12.8 Å². The Bertz CT molecular complexity index is 581. The van der Waals surface area contributed by atoms with E-state index in [2.05, 4.69) is 43.0 Å². The van der Waals surface area contributed by atoms with Crippen LogP contribution in [-0.4, -0.2) is 29.9 Å². The van der Waals surface area contributed by atoms with E-state index in [4.69, 9.17) is 5.73 Å². The standard InChI is InChI=1S/C21H32N2O.ClH/c1-16-9-4-5-11-19(16)21(12-6-3-7-13-21)20(24)23-14-8-10-18(15-23)17(2)22;/h4-5,9,11,17-18H,3,6-8,10,12-15,22H2,1-2H3;1H. The van der Waals surface area contributed by atoms with Crippen molar-refractivity contribution in [2.75, 3.05) is 13.1 Å². The fourth-order valence-corrected chi connectivity index (χ4v) is 4.79. The molecule has 0 aromatic heterocycles. The lowest BCUT2D eigenvalue weighted by Crippen LogP contribution is -2.53. The highest BCUT2D eigenvalue weighted by atomic mass is 35.5. The Hall–Kier alpha value is -1.06. The van der Waals surface area contributed by atoms with Crippen LogP contribution in [0.1, 0.15) is 63.0 Å². The van der Waals surface area contributed by atoms with Crippen LogP contribution in [0.25, 0.3) is 0 Å².